The molecule has 0 bridgehead atoms. The molecule has 2 N–H and O–H groups in total. The van der Waals surface area contributed by atoms with Crippen LogP contribution in [0.1, 0.15) is 11.3 Å². The van der Waals surface area contributed by atoms with E-state index < -0.39 is 0 Å². The lowest BCUT2D eigenvalue weighted by atomic mass is 10.2. The number of benzene rings is 1. The third-order valence-electron chi connectivity index (χ3n) is 2.87. The van der Waals surface area contributed by atoms with Crippen LogP contribution in [0.15, 0.2) is 47.7 Å². The van der Waals surface area contributed by atoms with Crippen LogP contribution in [0.5, 0.6) is 0 Å². The highest BCUT2D eigenvalue weighted by Gasteiger charge is 1.99. The second-order valence-corrected chi connectivity index (χ2v) is 4.56. The predicted molar refractivity (Wildman–Crippen MR) is 80.8 cm³/mol. The van der Waals surface area contributed by atoms with E-state index in [1.54, 1.807) is 6.21 Å². The SMILES string of the molecule is Cc1ccc(NCC(=O)N/N=C\c2cccn2C)cc1. The molecule has 20 heavy (non-hydrogen) atoms. The predicted octanol–water partition coefficient (Wildman–Crippen LogP) is 1.90. The standard InChI is InChI=1S/C15H18N4O/c1-12-5-7-13(8-6-12)16-11-15(20)18-17-10-14-4-3-9-19(14)2/h3-10,16H,11H2,1-2H3,(H,18,20)/b17-10-. The molecule has 0 saturated carbocycles. The van der Waals surface area contributed by atoms with Gasteiger partial charge >= 0.3 is 0 Å². The second-order valence-electron chi connectivity index (χ2n) is 4.56. The minimum Gasteiger partial charge on any atom is -0.376 e. The molecule has 1 aromatic heterocycles. The third-order valence-corrected chi connectivity index (χ3v) is 2.87. The molecule has 0 radical (unpaired) electrons. The van der Waals surface area contributed by atoms with Crippen LogP contribution in [0.4, 0.5) is 5.69 Å². The van der Waals surface area contributed by atoms with E-state index in [2.05, 4.69) is 15.8 Å². The average Bonchev–Trinajstić information content (AvgIpc) is 2.84. The van der Waals surface area contributed by atoms with Crippen molar-refractivity contribution in [1.82, 2.24) is 9.99 Å². The zero-order chi connectivity index (χ0) is 14.4. The second kappa shape index (κ2) is 6.56. The number of anilines is 1. The number of carbonyl (C=O) groups excluding carboxylic acids is 1. The first-order chi connectivity index (χ1) is 9.65. The quantitative estimate of drug-likeness (QED) is 0.644. The van der Waals surface area contributed by atoms with E-state index in [-0.39, 0.29) is 12.5 Å². The molecule has 0 unspecified atom stereocenters. The molecule has 0 spiro atoms. The zero-order valence-corrected chi connectivity index (χ0v) is 11.6. The minimum atomic E-state index is -0.184. The Balaban J connectivity index is 1.77. The van der Waals surface area contributed by atoms with Gasteiger partial charge in [-0.15, -0.1) is 0 Å². The fraction of sp³-hybridized carbons (Fsp3) is 0.200. The molecule has 0 saturated heterocycles. The van der Waals surface area contributed by atoms with Crippen LogP contribution < -0.4 is 10.7 Å². The number of nitrogens with zero attached hydrogens (tertiary/aromatic N) is 2. The summed E-state index contributed by atoms with van der Waals surface area (Å²) in [6, 6.07) is 11.7. The summed E-state index contributed by atoms with van der Waals surface area (Å²) in [6.07, 6.45) is 3.53. The number of nitrogens with one attached hydrogen (secondary N) is 2. The number of carbonyl (C=O) groups is 1. The summed E-state index contributed by atoms with van der Waals surface area (Å²) in [7, 11) is 1.92. The molecule has 1 amide bonds. The maximum atomic E-state index is 11.6. The van der Waals surface area contributed by atoms with E-state index in [0.717, 1.165) is 11.4 Å². The van der Waals surface area contributed by atoms with Crippen LogP contribution in [0.2, 0.25) is 0 Å². The molecule has 5 nitrogen and oxygen atoms in total. The van der Waals surface area contributed by atoms with Crippen LogP contribution in [0.25, 0.3) is 0 Å². The van der Waals surface area contributed by atoms with E-state index in [9.17, 15) is 4.79 Å². The minimum absolute atomic E-state index is 0.184. The van der Waals surface area contributed by atoms with Crippen molar-refractivity contribution in [2.24, 2.45) is 12.1 Å². The van der Waals surface area contributed by atoms with E-state index >= 15 is 0 Å². The lowest BCUT2D eigenvalue weighted by molar-refractivity contribution is -0.119. The first-order valence-corrected chi connectivity index (χ1v) is 6.39. The Morgan fingerprint density at radius 1 is 1.30 bits per heavy atom. The van der Waals surface area contributed by atoms with E-state index in [1.165, 1.54) is 5.56 Å². The molecule has 0 aliphatic rings. The van der Waals surface area contributed by atoms with Crippen LogP contribution in [0.3, 0.4) is 0 Å². The van der Waals surface area contributed by atoms with Gasteiger partial charge in [0.25, 0.3) is 5.91 Å². The molecule has 2 rings (SSSR count). The Labute approximate surface area is 118 Å². The Morgan fingerprint density at radius 3 is 2.70 bits per heavy atom. The van der Waals surface area contributed by atoms with E-state index in [0.29, 0.717) is 0 Å². The van der Waals surface area contributed by atoms with Gasteiger partial charge in [-0.25, -0.2) is 5.43 Å². The van der Waals surface area contributed by atoms with Crippen molar-refractivity contribution in [3.05, 3.63) is 53.9 Å². The number of hydrogen-bond donors (Lipinski definition) is 2. The zero-order valence-electron chi connectivity index (χ0n) is 11.6. The third kappa shape index (κ3) is 3.98. The van der Waals surface area contributed by atoms with Crippen molar-refractivity contribution in [2.45, 2.75) is 6.92 Å². The van der Waals surface area contributed by atoms with Gasteiger partial charge in [0.1, 0.15) is 0 Å². The van der Waals surface area contributed by atoms with E-state index in [4.69, 9.17) is 0 Å². The summed E-state index contributed by atoms with van der Waals surface area (Å²) in [5.74, 6) is -0.184. The summed E-state index contributed by atoms with van der Waals surface area (Å²) in [5, 5.41) is 6.95. The van der Waals surface area contributed by atoms with Gasteiger partial charge < -0.3 is 9.88 Å². The van der Waals surface area contributed by atoms with Gasteiger partial charge in [-0.2, -0.15) is 5.10 Å². The number of amides is 1. The lowest BCUT2D eigenvalue weighted by Gasteiger charge is -2.05. The Hall–Kier alpha value is -2.56. The summed E-state index contributed by atoms with van der Waals surface area (Å²) in [4.78, 5) is 11.6. The van der Waals surface area contributed by atoms with Crippen molar-refractivity contribution >= 4 is 17.8 Å². The van der Waals surface area contributed by atoms with Crippen molar-refractivity contribution in [3.63, 3.8) is 0 Å². The Bertz CT molecular complexity index is 599. The number of rotatable bonds is 5. The Kier molecular flexibility index (Phi) is 4.55. The topological polar surface area (TPSA) is 58.4 Å². The first-order valence-electron chi connectivity index (χ1n) is 6.39. The smallest absolute Gasteiger partial charge is 0.259 e. The van der Waals surface area contributed by atoms with Crippen LogP contribution in [-0.4, -0.2) is 23.2 Å². The molecule has 0 fully saturated rings. The number of hydrazone groups is 1. The molecular weight excluding hydrogens is 252 g/mol. The van der Waals surface area contributed by atoms with E-state index in [1.807, 2.05) is 61.1 Å². The molecular formula is C15H18N4O. The van der Waals surface area contributed by atoms with Gasteiger partial charge in [0.15, 0.2) is 0 Å². The maximum absolute atomic E-state index is 11.6. The van der Waals surface area contributed by atoms with Crippen molar-refractivity contribution in [2.75, 3.05) is 11.9 Å². The molecule has 2 aromatic rings. The van der Waals surface area contributed by atoms with Crippen molar-refractivity contribution < 1.29 is 4.79 Å². The number of aromatic nitrogens is 1. The van der Waals surface area contributed by atoms with Gasteiger partial charge in [0.05, 0.1) is 18.5 Å². The van der Waals surface area contributed by atoms with Gasteiger partial charge in [-0.05, 0) is 31.2 Å². The summed E-state index contributed by atoms with van der Waals surface area (Å²) >= 11 is 0. The van der Waals surface area contributed by atoms with Gasteiger partial charge in [0, 0.05) is 18.9 Å². The van der Waals surface area contributed by atoms with Crippen molar-refractivity contribution in [1.29, 1.82) is 0 Å². The van der Waals surface area contributed by atoms with Crippen molar-refractivity contribution in [3.8, 4) is 0 Å². The maximum Gasteiger partial charge on any atom is 0.259 e. The number of hydrogen-bond acceptors (Lipinski definition) is 3. The fourth-order valence-corrected chi connectivity index (χ4v) is 1.67. The fourth-order valence-electron chi connectivity index (χ4n) is 1.67. The molecule has 1 aromatic carbocycles. The summed E-state index contributed by atoms with van der Waals surface area (Å²) < 4.78 is 1.92. The molecule has 0 aliphatic carbocycles. The number of aryl methyl sites for hydroxylation is 2. The molecule has 104 valence electrons. The highest BCUT2D eigenvalue weighted by Crippen LogP contribution is 2.07. The summed E-state index contributed by atoms with van der Waals surface area (Å²) in [6.45, 7) is 2.21. The Morgan fingerprint density at radius 2 is 2.05 bits per heavy atom. The molecule has 0 aliphatic heterocycles. The monoisotopic (exact) mass is 270 g/mol. The highest BCUT2D eigenvalue weighted by atomic mass is 16.2. The van der Waals surface area contributed by atoms with Gasteiger partial charge in [0.2, 0.25) is 0 Å². The van der Waals surface area contributed by atoms with Crippen LogP contribution in [-0.2, 0) is 11.8 Å². The molecule has 0 atom stereocenters. The van der Waals surface area contributed by atoms with Gasteiger partial charge in [-0.3, -0.25) is 4.79 Å². The van der Waals surface area contributed by atoms with Crippen LogP contribution >= 0.6 is 0 Å². The van der Waals surface area contributed by atoms with Gasteiger partial charge in [-0.1, -0.05) is 17.7 Å². The summed E-state index contributed by atoms with van der Waals surface area (Å²) in [5.41, 5.74) is 5.51. The first kappa shape index (κ1) is 13.9. The van der Waals surface area contributed by atoms with Crippen LogP contribution in [0, 0.1) is 6.92 Å². The average molecular weight is 270 g/mol. The molecule has 1 heterocycles. The molecule has 5 heteroatoms. The lowest BCUT2D eigenvalue weighted by Crippen LogP contribution is -2.25. The normalized spacial score (nSPS) is 10.7. The highest BCUT2D eigenvalue weighted by molar-refractivity contribution is 5.83. The largest absolute Gasteiger partial charge is 0.376 e.